The number of nitrogens with zero attached hydrogens (tertiary/aromatic N) is 2. The molecule has 0 saturated carbocycles. The van der Waals surface area contributed by atoms with Crippen LogP contribution < -0.4 is 5.32 Å². The van der Waals surface area contributed by atoms with Crippen molar-refractivity contribution in [3.05, 3.63) is 42.0 Å². The lowest BCUT2D eigenvalue weighted by Crippen LogP contribution is -2.49. The van der Waals surface area contributed by atoms with Crippen LogP contribution in [0.1, 0.15) is 26.7 Å². The molecule has 0 radical (unpaired) electrons. The SMILES string of the molecule is CC(C)S(=O)(=O)N1CCC(N(C)C(=O)Nc2ccc(-c3cc(F)cc(F)c3)s2)CC1. The second kappa shape index (κ2) is 8.99. The summed E-state index contributed by atoms with van der Waals surface area (Å²) in [7, 11) is -1.60. The van der Waals surface area contributed by atoms with Crippen molar-refractivity contribution in [3.8, 4) is 10.4 Å². The molecule has 2 aromatic rings. The minimum Gasteiger partial charge on any atom is -0.324 e. The van der Waals surface area contributed by atoms with Gasteiger partial charge in [-0.3, -0.25) is 5.32 Å². The highest BCUT2D eigenvalue weighted by Gasteiger charge is 2.32. The molecular weight excluding hydrogens is 432 g/mol. The first kappa shape index (κ1) is 22.6. The first-order chi connectivity index (χ1) is 14.1. The van der Waals surface area contributed by atoms with Gasteiger partial charge in [-0.1, -0.05) is 0 Å². The summed E-state index contributed by atoms with van der Waals surface area (Å²) in [5.41, 5.74) is 0.407. The third-order valence-corrected chi connectivity index (χ3v) is 8.56. The van der Waals surface area contributed by atoms with Gasteiger partial charge in [-0.25, -0.2) is 26.3 Å². The van der Waals surface area contributed by atoms with Gasteiger partial charge in [0.25, 0.3) is 0 Å². The van der Waals surface area contributed by atoms with E-state index in [0.717, 1.165) is 6.07 Å². The van der Waals surface area contributed by atoms with E-state index in [1.165, 1.54) is 27.8 Å². The van der Waals surface area contributed by atoms with Crippen molar-refractivity contribution in [1.82, 2.24) is 9.21 Å². The average Bonchev–Trinajstić information content (AvgIpc) is 3.15. The Morgan fingerprint density at radius 2 is 1.77 bits per heavy atom. The van der Waals surface area contributed by atoms with Gasteiger partial charge in [0.2, 0.25) is 10.0 Å². The van der Waals surface area contributed by atoms with E-state index in [9.17, 15) is 22.0 Å². The van der Waals surface area contributed by atoms with Crippen LogP contribution in [0.5, 0.6) is 0 Å². The second-order valence-corrected chi connectivity index (χ2v) is 11.2. The Labute approximate surface area is 179 Å². The Hall–Kier alpha value is -2.04. The number of rotatable bonds is 5. The van der Waals surface area contributed by atoms with Crippen LogP contribution in [0.15, 0.2) is 30.3 Å². The van der Waals surface area contributed by atoms with Crippen molar-refractivity contribution in [1.29, 1.82) is 0 Å². The standard InChI is InChI=1S/C20H25F2N3O3S2/c1-13(2)30(27,28)25-8-6-17(7-9-25)24(3)20(26)23-19-5-4-18(29-19)14-10-15(21)12-16(22)11-14/h4-5,10-13,17H,6-9H2,1-3H3,(H,23,26). The summed E-state index contributed by atoms with van der Waals surface area (Å²) in [4.78, 5) is 14.8. The monoisotopic (exact) mass is 457 g/mol. The van der Waals surface area contributed by atoms with Crippen molar-refractivity contribution in [2.24, 2.45) is 0 Å². The summed E-state index contributed by atoms with van der Waals surface area (Å²) in [5, 5.41) is 2.90. The van der Waals surface area contributed by atoms with Crippen molar-refractivity contribution in [2.45, 2.75) is 38.0 Å². The fourth-order valence-electron chi connectivity index (χ4n) is 3.40. The summed E-state index contributed by atoms with van der Waals surface area (Å²) < 4.78 is 52.9. The van der Waals surface area contributed by atoms with Crippen molar-refractivity contribution in [3.63, 3.8) is 0 Å². The molecule has 0 unspecified atom stereocenters. The molecule has 2 amide bonds. The number of benzene rings is 1. The predicted molar refractivity (Wildman–Crippen MR) is 115 cm³/mol. The topological polar surface area (TPSA) is 69.7 Å². The number of sulfonamides is 1. The maximum atomic E-state index is 13.4. The van der Waals surface area contributed by atoms with E-state index in [2.05, 4.69) is 5.32 Å². The molecule has 1 N–H and O–H groups in total. The number of carbonyl (C=O) groups is 1. The highest BCUT2D eigenvalue weighted by Crippen LogP contribution is 2.32. The van der Waals surface area contributed by atoms with E-state index in [-0.39, 0.29) is 12.1 Å². The number of thiophene rings is 1. The molecule has 1 aliphatic heterocycles. The lowest BCUT2D eigenvalue weighted by atomic mass is 10.1. The Morgan fingerprint density at radius 1 is 1.17 bits per heavy atom. The van der Waals surface area contributed by atoms with E-state index in [1.807, 2.05) is 0 Å². The molecule has 1 aromatic heterocycles. The quantitative estimate of drug-likeness (QED) is 0.725. The fourth-order valence-corrected chi connectivity index (χ4v) is 5.60. The van der Waals surface area contributed by atoms with Gasteiger partial charge in [-0.2, -0.15) is 0 Å². The average molecular weight is 458 g/mol. The van der Waals surface area contributed by atoms with Gasteiger partial charge in [-0.05, 0) is 56.5 Å². The van der Waals surface area contributed by atoms with Crippen LogP contribution in [0.3, 0.4) is 0 Å². The highest BCUT2D eigenvalue weighted by atomic mass is 32.2. The fraction of sp³-hybridized carbons (Fsp3) is 0.450. The summed E-state index contributed by atoms with van der Waals surface area (Å²) >= 11 is 1.22. The Balaban J connectivity index is 1.60. The highest BCUT2D eigenvalue weighted by molar-refractivity contribution is 7.89. The van der Waals surface area contributed by atoms with Crippen molar-refractivity contribution < 1.29 is 22.0 Å². The number of hydrogen-bond donors (Lipinski definition) is 1. The maximum Gasteiger partial charge on any atom is 0.322 e. The number of hydrogen-bond acceptors (Lipinski definition) is 4. The van der Waals surface area contributed by atoms with Crippen LogP contribution in [0.2, 0.25) is 0 Å². The molecule has 0 spiro atoms. The van der Waals surface area contributed by atoms with Crippen molar-refractivity contribution >= 4 is 32.4 Å². The van der Waals surface area contributed by atoms with Gasteiger partial charge in [0.05, 0.1) is 10.3 Å². The Morgan fingerprint density at radius 3 is 2.33 bits per heavy atom. The molecule has 164 valence electrons. The zero-order valence-corrected chi connectivity index (χ0v) is 18.7. The second-order valence-electron chi connectivity index (χ2n) is 7.59. The maximum absolute atomic E-state index is 13.4. The summed E-state index contributed by atoms with van der Waals surface area (Å²) in [5.74, 6) is -1.32. The smallest absolute Gasteiger partial charge is 0.322 e. The number of piperidine rings is 1. The third-order valence-electron chi connectivity index (χ3n) is 5.23. The van der Waals surface area contributed by atoms with E-state index in [0.29, 0.717) is 41.4 Å². The molecule has 10 heteroatoms. The summed E-state index contributed by atoms with van der Waals surface area (Å²) in [6.07, 6.45) is 1.13. The molecule has 1 fully saturated rings. The molecule has 2 heterocycles. The number of urea groups is 1. The molecule has 0 aliphatic carbocycles. The van der Waals surface area contributed by atoms with Crippen LogP contribution >= 0.6 is 11.3 Å². The summed E-state index contributed by atoms with van der Waals surface area (Å²) in [6.45, 7) is 4.09. The van der Waals surface area contributed by atoms with Crippen LogP contribution in [0, 0.1) is 11.6 Å². The van der Waals surface area contributed by atoms with E-state index >= 15 is 0 Å². The first-order valence-electron chi connectivity index (χ1n) is 9.67. The van der Waals surface area contributed by atoms with Crippen LogP contribution in [0.25, 0.3) is 10.4 Å². The zero-order valence-electron chi connectivity index (χ0n) is 17.1. The minimum absolute atomic E-state index is 0.0691. The van der Waals surface area contributed by atoms with Crippen LogP contribution in [-0.4, -0.2) is 55.1 Å². The molecular formula is C20H25F2N3O3S2. The summed E-state index contributed by atoms with van der Waals surface area (Å²) in [6, 6.07) is 6.30. The van der Waals surface area contributed by atoms with E-state index < -0.39 is 26.9 Å². The largest absolute Gasteiger partial charge is 0.324 e. The van der Waals surface area contributed by atoms with Gasteiger partial charge in [0.15, 0.2) is 0 Å². The number of nitrogens with one attached hydrogen (secondary N) is 1. The predicted octanol–water partition coefficient (Wildman–Crippen LogP) is 4.36. The normalized spacial score (nSPS) is 16.1. The molecule has 30 heavy (non-hydrogen) atoms. The number of anilines is 1. The third kappa shape index (κ3) is 4.98. The van der Waals surface area contributed by atoms with Crippen molar-refractivity contribution in [2.75, 3.05) is 25.5 Å². The van der Waals surface area contributed by atoms with Gasteiger partial charge >= 0.3 is 6.03 Å². The van der Waals surface area contributed by atoms with E-state index in [1.54, 1.807) is 37.9 Å². The molecule has 1 saturated heterocycles. The van der Waals surface area contributed by atoms with Gasteiger partial charge in [0.1, 0.15) is 11.6 Å². The van der Waals surface area contributed by atoms with Gasteiger partial charge in [-0.15, -0.1) is 11.3 Å². The molecule has 0 atom stereocenters. The van der Waals surface area contributed by atoms with E-state index in [4.69, 9.17) is 0 Å². The molecule has 0 bridgehead atoms. The number of carbonyl (C=O) groups excluding carboxylic acids is 1. The molecule has 1 aliphatic rings. The number of halogens is 2. The van der Waals surface area contributed by atoms with Gasteiger partial charge in [0, 0.05) is 37.1 Å². The molecule has 6 nitrogen and oxygen atoms in total. The van der Waals surface area contributed by atoms with Gasteiger partial charge < -0.3 is 4.90 Å². The van der Waals surface area contributed by atoms with Crippen LogP contribution in [-0.2, 0) is 10.0 Å². The Kier molecular flexibility index (Phi) is 6.78. The molecule has 3 rings (SSSR count). The number of amides is 2. The lowest BCUT2D eigenvalue weighted by molar-refractivity contribution is 0.173. The zero-order chi connectivity index (χ0) is 22.1. The first-order valence-corrected chi connectivity index (χ1v) is 12.0. The lowest BCUT2D eigenvalue weighted by Gasteiger charge is -2.36. The molecule has 1 aromatic carbocycles. The minimum atomic E-state index is -3.29. The Bertz CT molecular complexity index is 996. The van der Waals surface area contributed by atoms with Crippen LogP contribution in [0.4, 0.5) is 18.6 Å².